The Labute approximate surface area is 110 Å². The molecule has 1 aliphatic rings. The zero-order valence-corrected chi connectivity index (χ0v) is 10.7. The van der Waals surface area contributed by atoms with E-state index in [-0.39, 0.29) is 0 Å². The summed E-state index contributed by atoms with van der Waals surface area (Å²) < 4.78 is 2.25. The highest BCUT2D eigenvalue weighted by Crippen LogP contribution is 2.30. The second kappa shape index (κ2) is 3.89. The van der Waals surface area contributed by atoms with Gasteiger partial charge >= 0.3 is 0 Å². The summed E-state index contributed by atoms with van der Waals surface area (Å²) in [5.41, 5.74) is 2.29. The molecule has 0 saturated carbocycles. The summed E-state index contributed by atoms with van der Waals surface area (Å²) in [6, 6.07) is 15.0. The minimum Gasteiger partial charge on any atom is -0.325 e. The van der Waals surface area contributed by atoms with Gasteiger partial charge in [-0.25, -0.2) is 4.98 Å². The number of hydrogen-bond acceptors (Lipinski definition) is 2. The lowest BCUT2D eigenvalue weighted by atomic mass is 10.1. The maximum atomic E-state index is 4.69. The topological polar surface area (TPSA) is 17.8 Å². The smallest absolute Gasteiger partial charge is 0.168 e. The van der Waals surface area contributed by atoms with E-state index in [0.717, 1.165) is 23.1 Å². The fourth-order valence-electron chi connectivity index (χ4n) is 2.40. The fraction of sp³-hybridized carbons (Fsp3) is 0.133. The van der Waals surface area contributed by atoms with Crippen LogP contribution in [0.4, 0.5) is 0 Å². The highest BCUT2D eigenvalue weighted by Gasteiger charge is 2.15. The molecule has 0 N–H and O–H groups in total. The van der Waals surface area contributed by atoms with Gasteiger partial charge in [0.05, 0.1) is 5.69 Å². The SMILES string of the molecule is c1ccc2cc(-c3cn4c(n3)SCC4)ccc2c1. The van der Waals surface area contributed by atoms with Crippen LogP contribution in [-0.4, -0.2) is 15.3 Å². The molecule has 1 aliphatic heterocycles. The number of aromatic nitrogens is 2. The Bertz CT molecular complexity index is 709. The van der Waals surface area contributed by atoms with Crippen molar-refractivity contribution in [3.63, 3.8) is 0 Å². The Balaban J connectivity index is 1.85. The summed E-state index contributed by atoms with van der Waals surface area (Å²) in [4.78, 5) is 4.69. The zero-order chi connectivity index (χ0) is 11.9. The van der Waals surface area contributed by atoms with Gasteiger partial charge in [0, 0.05) is 24.1 Å². The molecule has 0 unspecified atom stereocenters. The van der Waals surface area contributed by atoms with E-state index in [2.05, 4.69) is 53.2 Å². The van der Waals surface area contributed by atoms with Crippen molar-refractivity contribution in [1.29, 1.82) is 0 Å². The molecule has 0 radical (unpaired) electrons. The van der Waals surface area contributed by atoms with Crippen LogP contribution in [0.2, 0.25) is 0 Å². The van der Waals surface area contributed by atoms with Crippen molar-refractivity contribution < 1.29 is 0 Å². The van der Waals surface area contributed by atoms with Gasteiger partial charge in [-0.1, -0.05) is 48.2 Å². The van der Waals surface area contributed by atoms with Crippen LogP contribution in [-0.2, 0) is 6.54 Å². The first kappa shape index (κ1) is 10.2. The van der Waals surface area contributed by atoms with E-state index in [1.54, 1.807) is 0 Å². The summed E-state index contributed by atoms with van der Waals surface area (Å²) >= 11 is 1.84. The predicted octanol–water partition coefficient (Wildman–Crippen LogP) is 3.81. The van der Waals surface area contributed by atoms with Crippen molar-refractivity contribution in [2.24, 2.45) is 0 Å². The molecule has 0 bridgehead atoms. The van der Waals surface area contributed by atoms with Crippen molar-refractivity contribution in [2.75, 3.05) is 5.75 Å². The number of hydrogen-bond donors (Lipinski definition) is 0. The number of nitrogens with zero attached hydrogens (tertiary/aromatic N) is 2. The quantitative estimate of drug-likeness (QED) is 0.655. The summed E-state index contributed by atoms with van der Waals surface area (Å²) in [5, 5.41) is 3.70. The Hall–Kier alpha value is -1.74. The molecule has 0 saturated heterocycles. The first-order valence-corrected chi connectivity index (χ1v) is 7.08. The second-order valence-corrected chi connectivity index (χ2v) is 5.57. The number of aryl methyl sites for hydroxylation is 1. The molecule has 0 amide bonds. The Morgan fingerprint density at radius 2 is 1.94 bits per heavy atom. The second-order valence-electron chi connectivity index (χ2n) is 4.51. The van der Waals surface area contributed by atoms with E-state index >= 15 is 0 Å². The monoisotopic (exact) mass is 252 g/mol. The van der Waals surface area contributed by atoms with Crippen molar-refractivity contribution >= 4 is 22.5 Å². The summed E-state index contributed by atoms with van der Waals surface area (Å²) in [6.07, 6.45) is 2.17. The molecule has 1 aromatic heterocycles. The van der Waals surface area contributed by atoms with Gasteiger partial charge in [-0.15, -0.1) is 0 Å². The third kappa shape index (κ3) is 1.55. The number of thioether (sulfide) groups is 1. The first-order valence-electron chi connectivity index (χ1n) is 6.09. The van der Waals surface area contributed by atoms with Crippen LogP contribution in [0.15, 0.2) is 53.8 Å². The number of fused-ring (bicyclic) bond motifs is 2. The molecular weight excluding hydrogens is 240 g/mol. The molecule has 2 heterocycles. The van der Waals surface area contributed by atoms with Crippen LogP contribution >= 0.6 is 11.8 Å². The third-order valence-electron chi connectivity index (χ3n) is 3.35. The maximum Gasteiger partial charge on any atom is 0.168 e. The normalized spacial score (nSPS) is 14.0. The lowest BCUT2D eigenvalue weighted by Gasteiger charge is -2.01. The van der Waals surface area contributed by atoms with Gasteiger partial charge in [-0.3, -0.25) is 0 Å². The van der Waals surface area contributed by atoms with Crippen LogP contribution in [0.25, 0.3) is 22.0 Å². The summed E-state index contributed by atoms with van der Waals surface area (Å²) in [6.45, 7) is 1.08. The van der Waals surface area contributed by atoms with E-state index in [1.165, 1.54) is 16.3 Å². The molecule has 88 valence electrons. The standard InChI is InChI=1S/C15H12N2S/c1-2-4-12-9-13(6-5-11(12)3-1)14-10-17-7-8-18-15(17)16-14/h1-6,9-10H,7-8H2. The Morgan fingerprint density at radius 3 is 2.83 bits per heavy atom. The van der Waals surface area contributed by atoms with Crippen LogP contribution in [0.5, 0.6) is 0 Å². The molecule has 2 aromatic carbocycles. The predicted molar refractivity (Wildman–Crippen MR) is 75.9 cm³/mol. The fourth-order valence-corrected chi connectivity index (χ4v) is 3.34. The molecule has 0 aliphatic carbocycles. The van der Waals surface area contributed by atoms with Gasteiger partial charge in [0.1, 0.15) is 0 Å². The average Bonchev–Trinajstić information content (AvgIpc) is 2.99. The van der Waals surface area contributed by atoms with Gasteiger partial charge in [0.25, 0.3) is 0 Å². The summed E-state index contributed by atoms with van der Waals surface area (Å²) in [5.74, 6) is 1.15. The number of benzene rings is 2. The molecule has 0 atom stereocenters. The van der Waals surface area contributed by atoms with Gasteiger partial charge in [-0.2, -0.15) is 0 Å². The molecule has 4 rings (SSSR count). The minimum absolute atomic E-state index is 1.08. The highest BCUT2D eigenvalue weighted by molar-refractivity contribution is 7.99. The van der Waals surface area contributed by atoms with Crippen molar-refractivity contribution in [3.05, 3.63) is 48.7 Å². The Morgan fingerprint density at radius 1 is 1.06 bits per heavy atom. The van der Waals surface area contributed by atoms with Crippen molar-refractivity contribution in [3.8, 4) is 11.3 Å². The molecule has 2 nitrogen and oxygen atoms in total. The first-order chi connectivity index (χ1) is 8.90. The molecule has 0 spiro atoms. The van der Waals surface area contributed by atoms with Gasteiger partial charge in [0.15, 0.2) is 5.16 Å². The van der Waals surface area contributed by atoms with Crippen LogP contribution in [0, 0.1) is 0 Å². The van der Waals surface area contributed by atoms with Crippen LogP contribution in [0.1, 0.15) is 0 Å². The van der Waals surface area contributed by atoms with E-state index in [1.807, 2.05) is 11.8 Å². The van der Waals surface area contributed by atoms with E-state index in [9.17, 15) is 0 Å². The van der Waals surface area contributed by atoms with Crippen LogP contribution in [0.3, 0.4) is 0 Å². The summed E-state index contributed by atoms with van der Waals surface area (Å²) in [7, 11) is 0. The molecule has 3 aromatic rings. The highest BCUT2D eigenvalue weighted by atomic mass is 32.2. The molecule has 0 fully saturated rings. The minimum atomic E-state index is 1.08. The number of imidazole rings is 1. The molecular formula is C15H12N2S. The Kier molecular flexibility index (Phi) is 2.20. The molecule has 18 heavy (non-hydrogen) atoms. The van der Waals surface area contributed by atoms with E-state index in [4.69, 9.17) is 4.98 Å². The van der Waals surface area contributed by atoms with Gasteiger partial charge < -0.3 is 4.57 Å². The van der Waals surface area contributed by atoms with E-state index in [0.29, 0.717) is 0 Å². The van der Waals surface area contributed by atoms with Gasteiger partial charge in [-0.05, 0) is 16.8 Å². The lowest BCUT2D eigenvalue weighted by molar-refractivity contribution is 0.719. The van der Waals surface area contributed by atoms with E-state index < -0.39 is 0 Å². The largest absolute Gasteiger partial charge is 0.325 e. The average molecular weight is 252 g/mol. The zero-order valence-electron chi connectivity index (χ0n) is 9.84. The maximum absolute atomic E-state index is 4.69. The van der Waals surface area contributed by atoms with Crippen molar-refractivity contribution in [2.45, 2.75) is 11.7 Å². The van der Waals surface area contributed by atoms with Gasteiger partial charge in [0.2, 0.25) is 0 Å². The van der Waals surface area contributed by atoms with Crippen LogP contribution < -0.4 is 0 Å². The third-order valence-corrected chi connectivity index (χ3v) is 4.32. The lowest BCUT2D eigenvalue weighted by Crippen LogP contribution is -1.89. The van der Waals surface area contributed by atoms with Crippen molar-refractivity contribution in [1.82, 2.24) is 9.55 Å². The number of rotatable bonds is 1. The molecule has 3 heteroatoms.